The molecular formula is C28H32N6. The van der Waals surface area contributed by atoms with Crippen LogP contribution in [0.3, 0.4) is 0 Å². The third-order valence-corrected chi connectivity index (χ3v) is 6.97. The normalized spacial score (nSPS) is 15.3. The zero-order valence-corrected chi connectivity index (χ0v) is 19.9. The number of nitrogens with two attached hydrogens (primary N) is 1. The van der Waals surface area contributed by atoms with E-state index in [4.69, 9.17) is 11.1 Å². The lowest BCUT2D eigenvalue weighted by molar-refractivity contribution is 0.140. The average molecular weight is 453 g/mol. The molecule has 0 radical (unpaired) electrons. The van der Waals surface area contributed by atoms with Crippen LogP contribution in [0.15, 0.2) is 67.0 Å². The number of aromatic amines is 1. The van der Waals surface area contributed by atoms with E-state index in [1.165, 1.54) is 18.4 Å². The zero-order valence-electron chi connectivity index (χ0n) is 19.9. The van der Waals surface area contributed by atoms with E-state index in [-0.39, 0.29) is 0 Å². The first-order valence-electron chi connectivity index (χ1n) is 11.9. The number of benzene rings is 2. The van der Waals surface area contributed by atoms with Crippen molar-refractivity contribution < 1.29 is 0 Å². The van der Waals surface area contributed by atoms with Gasteiger partial charge in [-0.15, -0.1) is 0 Å². The van der Waals surface area contributed by atoms with Gasteiger partial charge in [0.1, 0.15) is 0 Å². The minimum absolute atomic E-state index is 0.395. The van der Waals surface area contributed by atoms with Crippen molar-refractivity contribution in [1.82, 2.24) is 19.8 Å². The molecule has 0 amide bonds. The van der Waals surface area contributed by atoms with Crippen LogP contribution in [-0.2, 0) is 6.54 Å². The molecule has 5 rings (SSSR count). The van der Waals surface area contributed by atoms with Gasteiger partial charge in [-0.25, -0.2) is 0 Å². The summed E-state index contributed by atoms with van der Waals surface area (Å²) in [6, 6.07) is 19.1. The molecule has 1 saturated heterocycles. The summed E-state index contributed by atoms with van der Waals surface area (Å²) in [5.74, 6) is 0. The maximum atomic E-state index is 8.88. The summed E-state index contributed by atoms with van der Waals surface area (Å²) in [6.45, 7) is 3.24. The van der Waals surface area contributed by atoms with Crippen LogP contribution in [0, 0.1) is 5.41 Å². The minimum atomic E-state index is 0.395. The largest absolute Gasteiger partial charge is 0.398 e. The second kappa shape index (κ2) is 9.41. The third-order valence-electron chi connectivity index (χ3n) is 6.97. The Morgan fingerprint density at radius 3 is 2.65 bits per heavy atom. The van der Waals surface area contributed by atoms with Crippen molar-refractivity contribution >= 4 is 22.3 Å². The maximum absolute atomic E-state index is 8.88. The number of rotatable bonds is 6. The SMILES string of the molecule is CN(C)C1CCN(Cc2ccc3[nH]c(C(=N)c4cc(-c5cccnc5)ccc4N)cc3c2)CC1. The van der Waals surface area contributed by atoms with Gasteiger partial charge in [-0.1, -0.05) is 18.2 Å². The van der Waals surface area contributed by atoms with Crippen LogP contribution in [0.2, 0.25) is 0 Å². The second-order valence-electron chi connectivity index (χ2n) is 9.49. The molecule has 0 spiro atoms. The molecule has 4 aromatic rings. The number of likely N-dealkylation sites (tertiary alicyclic amines) is 1. The van der Waals surface area contributed by atoms with Crippen LogP contribution in [0.5, 0.6) is 0 Å². The fourth-order valence-corrected chi connectivity index (χ4v) is 4.90. The quantitative estimate of drug-likeness (QED) is 0.291. The van der Waals surface area contributed by atoms with E-state index in [1.807, 2.05) is 36.5 Å². The lowest BCUT2D eigenvalue weighted by Gasteiger charge is -2.35. The Kier molecular flexibility index (Phi) is 6.18. The van der Waals surface area contributed by atoms with Crippen molar-refractivity contribution in [2.45, 2.75) is 25.4 Å². The summed E-state index contributed by atoms with van der Waals surface area (Å²) < 4.78 is 0. The summed E-state index contributed by atoms with van der Waals surface area (Å²) >= 11 is 0. The monoisotopic (exact) mass is 452 g/mol. The van der Waals surface area contributed by atoms with Crippen LogP contribution in [0.4, 0.5) is 5.69 Å². The summed E-state index contributed by atoms with van der Waals surface area (Å²) in [5.41, 5.74) is 13.1. The molecule has 0 saturated carbocycles. The van der Waals surface area contributed by atoms with Gasteiger partial charge in [0.15, 0.2) is 0 Å². The number of nitrogen functional groups attached to an aromatic ring is 1. The molecule has 0 bridgehead atoms. The number of hydrogen-bond donors (Lipinski definition) is 3. The van der Waals surface area contributed by atoms with Gasteiger partial charge in [-0.05, 0) is 87.6 Å². The summed E-state index contributed by atoms with van der Waals surface area (Å²) in [6.07, 6.45) is 6.03. The standard InChI is InChI=1S/C28H32N6/c1-33(2)23-9-12-34(13-10-23)18-19-5-8-26-22(14-19)16-27(32-26)28(30)24-15-20(6-7-25(24)29)21-4-3-11-31-17-21/h3-8,11,14-17,23,30,32H,9-10,12-13,18,29H2,1-2H3. The Morgan fingerprint density at radius 1 is 1.09 bits per heavy atom. The molecule has 2 aromatic heterocycles. The van der Waals surface area contributed by atoms with Crippen LogP contribution in [0.1, 0.15) is 29.7 Å². The minimum Gasteiger partial charge on any atom is -0.398 e. The van der Waals surface area contributed by atoms with Crippen LogP contribution in [-0.4, -0.2) is 58.7 Å². The lowest BCUT2D eigenvalue weighted by Crippen LogP contribution is -2.41. The number of H-pyrrole nitrogens is 1. The Balaban J connectivity index is 1.35. The van der Waals surface area contributed by atoms with Crippen molar-refractivity contribution in [3.05, 3.63) is 83.8 Å². The molecule has 2 aromatic carbocycles. The molecule has 3 heterocycles. The molecule has 1 aliphatic heterocycles. The fourth-order valence-electron chi connectivity index (χ4n) is 4.90. The average Bonchev–Trinajstić information content (AvgIpc) is 3.28. The highest BCUT2D eigenvalue weighted by Gasteiger charge is 2.20. The van der Waals surface area contributed by atoms with Gasteiger partial charge in [0.2, 0.25) is 0 Å². The highest BCUT2D eigenvalue weighted by molar-refractivity contribution is 6.15. The number of aromatic nitrogens is 2. The number of hydrogen-bond acceptors (Lipinski definition) is 5. The van der Waals surface area contributed by atoms with E-state index in [9.17, 15) is 0 Å². The van der Waals surface area contributed by atoms with Crippen LogP contribution >= 0.6 is 0 Å². The predicted molar refractivity (Wildman–Crippen MR) is 140 cm³/mol. The first kappa shape index (κ1) is 22.3. The number of anilines is 1. The molecule has 1 aliphatic rings. The van der Waals surface area contributed by atoms with Gasteiger partial charge in [-0.3, -0.25) is 15.3 Å². The summed E-state index contributed by atoms with van der Waals surface area (Å²) in [4.78, 5) is 12.5. The Bertz CT molecular complexity index is 1300. The van der Waals surface area contributed by atoms with Crippen molar-refractivity contribution in [3.8, 4) is 11.1 Å². The molecular weight excluding hydrogens is 420 g/mol. The van der Waals surface area contributed by atoms with Crippen molar-refractivity contribution in [2.24, 2.45) is 0 Å². The summed E-state index contributed by atoms with van der Waals surface area (Å²) in [5, 5.41) is 10.0. The van der Waals surface area contributed by atoms with Crippen LogP contribution < -0.4 is 5.73 Å². The summed E-state index contributed by atoms with van der Waals surface area (Å²) in [7, 11) is 4.36. The Morgan fingerprint density at radius 2 is 1.91 bits per heavy atom. The van der Waals surface area contributed by atoms with Gasteiger partial charge in [-0.2, -0.15) is 0 Å². The molecule has 0 aliphatic carbocycles. The highest BCUT2D eigenvalue weighted by Crippen LogP contribution is 2.27. The molecule has 1 fully saturated rings. The van der Waals surface area contributed by atoms with E-state index in [0.29, 0.717) is 17.4 Å². The lowest BCUT2D eigenvalue weighted by atomic mass is 9.99. The second-order valence-corrected chi connectivity index (χ2v) is 9.49. The van der Waals surface area contributed by atoms with Crippen LogP contribution in [0.25, 0.3) is 22.0 Å². The smallest absolute Gasteiger partial charge is 0.0868 e. The van der Waals surface area contributed by atoms with Crippen molar-refractivity contribution in [3.63, 3.8) is 0 Å². The van der Waals surface area contributed by atoms with E-state index in [1.54, 1.807) is 6.20 Å². The van der Waals surface area contributed by atoms with E-state index in [0.717, 1.165) is 52.9 Å². The van der Waals surface area contributed by atoms with E-state index >= 15 is 0 Å². The van der Waals surface area contributed by atoms with Crippen molar-refractivity contribution in [1.29, 1.82) is 5.41 Å². The van der Waals surface area contributed by atoms with E-state index in [2.05, 4.69) is 58.1 Å². The van der Waals surface area contributed by atoms with Gasteiger partial charge in [0.05, 0.1) is 11.4 Å². The molecule has 174 valence electrons. The Labute approximate surface area is 200 Å². The molecule has 4 N–H and O–H groups in total. The maximum Gasteiger partial charge on any atom is 0.0868 e. The van der Waals surface area contributed by atoms with Crippen molar-refractivity contribution in [2.75, 3.05) is 32.9 Å². The number of pyridine rings is 1. The molecule has 6 nitrogen and oxygen atoms in total. The molecule has 0 unspecified atom stereocenters. The number of fused-ring (bicyclic) bond motifs is 1. The van der Waals surface area contributed by atoms with E-state index < -0.39 is 0 Å². The predicted octanol–water partition coefficient (Wildman–Crippen LogP) is 4.75. The Hall–Kier alpha value is -3.48. The number of piperidine rings is 1. The number of nitrogens with zero attached hydrogens (tertiary/aromatic N) is 3. The van der Waals surface area contributed by atoms with Gasteiger partial charge >= 0.3 is 0 Å². The molecule has 0 atom stereocenters. The topological polar surface area (TPSA) is 85.0 Å². The third kappa shape index (κ3) is 4.60. The molecule has 34 heavy (non-hydrogen) atoms. The fraction of sp³-hybridized carbons (Fsp3) is 0.286. The highest BCUT2D eigenvalue weighted by atomic mass is 15.2. The first-order chi connectivity index (χ1) is 16.5. The zero-order chi connectivity index (χ0) is 23.7. The first-order valence-corrected chi connectivity index (χ1v) is 11.9. The molecule has 6 heteroatoms. The van der Waals surface area contributed by atoms with Gasteiger partial charge in [0.25, 0.3) is 0 Å². The van der Waals surface area contributed by atoms with Gasteiger partial charge in [0, 0.05) is 52.7 Å². The van der Waals surface area contributed by atoms with Gasteiger partial charge < -0.3 is 15.6 Å². The number of nitrogens with one attached hydrogen (secondary N) is 2.